The maximum Gasteiger partial charge on any atom is 0.329 e. The fourth-order valence-corrected chi connectivity index (χ4v) is 2.95. The van der Waals surface area contributed by atoms with Crippen LogP contribution in [0.2, 0.25) is 0 Å². The van der Waals surface area contributed by atoms with Crippen LogP contribution in [0, 0.1) is 24.1 Å². The van der Waals surface area contributed by atoms with Crippen LogP contribution in [-0.2, 0) is 12.8 Å². The number of hydrogen-bond donors (Lipinski definition) is 0. The number of aryl methyl sites for hydroxylation is 3. The average Bonchev–Trinajstić information content (AvgIpc) is 2.41. The Kier molecular flexibility index (Phi) is 8.28. The van der Waals surface area contributed by atoms with E-state index < -0.39 is 10.2 Å². The van der Waals surface area contributed by atoms with Crippen molar-refractivity contribution in [3.8, 4) is 0 Å². The minimum absolute atomic E-state index is 1.07. The zero-order chi connectivity index (χ0) is 16.6. The van der Waals surface area contributed by atoms with Crippen LogP contribution < -0.4 is 18.6 Å². The number of rotatable bonds is 0. The number of halogens is 1. The molecule has 1 aromatic heterocycles. The molecule has 0 N–H and O–H groups in total. The predicted molar refractivity (Wildman–Crippen MR) is 72.3 cm³/mol. The van der Waals surface area contributed by atoms with Crippen molar-refractivity contribution < 1.29 is 33.3 Å². The van der Waals surface area contributed by atoms with Gasteiger partial charge in [-0.2, -0.15) is 0 Å². The summed E-state index contributed by atoms with van der Waals surface area (Å²) in [7, 11) is -4.94. The van der Waals surface area contributed by atoms with E-state index in [1.165, 1.54) is 63.4 Å². The first-order chi connectivity index (χ1) is 10.3. The van der Waals surface area contributed by atoms with Gasteiger partial charge in [0.2, 0.25) is 0 Å². The third-order valence-electron chi connectivity index (χ3n) is 3.88. The van der Waals surface area contributed by atoms with E-state index in [1.807, 2.05) is 0 Å². The van der Waals surface area contributed by atoms with Gasteiger partial charge in [-0.1, -0.05) is 32.1 Å². The molecule has 0 amide bonds. The molecule has 0 bridgehead atoms. The summed E-state index contributed by atoms with van der Waals surface area (Å²) in [6.45, 7) is 4.20. The molecule has 0 unspecified atom stereocenters. The predicted octanol–water partition coefficient (Wildman–Crippen LogP) is 0.251. The Morgan fingerprint density at radius 2 is 1.27 bits per heavy atom. The van der Waals surface area contributed by atoms with Crippen LogP contribution in [0.25, 0.3) is 0 Å². The molecule has 0 fully saturated rings. The molecule has 5 nitrogen and oxygen atoms in total. The first-order valence-electron chi connectivity index (χ1n) is 7.81. The maximum atomic E-state index is 8.49. The molecule has 6 heteroatoms. The molecular formula is C16H25ClO5. The molecule has 0 aromatic carbocycles. The van der Waals surface area contributed by atoms with E-state index in [-0.39, 0.29) is 0 Å². The summed E-state index contributed by atoms with van der Waals surface area (Å²) in [4.78, 5) is 0. The Labute approximate surface area is 134 Å². The molecule has 0 spiro atoms. The summed E-state index contributed by atoms with van der Waals surface area (Å²) in [6, 6.07) is 2.26. The van der Waals surface area contributed by atoms with Crippen molar-refractivity contribution in [2.75, 3.05) is 0 Å². The van der Waals surface area contributed by atoms with E-state index in [9.17, 15) is 0 Å². The van der Waals surface area contributed by atoms with Crippen LogP contribution in [0.4, 0.5) is 0 Å². The summed E-state index contributed by atoms with van der Waals surface area (Å²) in [5.74, 6) is 2.22. The summed E-state index contributed by atoms with van der Waals surface area (Å²) in [5, 5.41) is 0. The highest BCUT2D eigenvalue weighted by atomic mass is 35.7. The monoisotopic (exact) mass is 332 g/mol. The third-order valence-corrected chi connectivity index (χ3v) is 3.88. The highest BCUT2D eigenvalue weighted by Gasteiger charge is 2.17. The van der Waals surface area contributed by atoms with Crippen molar-refractivity contribution in [2.45, 2.75) is 71.6 Å². The van der Waals surface area contributed by atoms with E-state index in [1.54, 1.807) is 5.56 Å². The minimum atomic E-state index is -4.94. The van der Waals surface area contributed by atoms with Crippen LogP contribution in [0.15, 0.2) is 10.5 Å². The highest BCUT2D eigenvalue weighted by molar-refractivity contribution is 5.30. The summed E-state index contributed by atoms with van der Waals surface area (Å²) >= 11 is 0. The summed E-state index contributed by atoms with van der Waals surface area (Å²) < 4.78 is 39.7. The lowest BCUT2D eigenvalue weighted by Gasteiger charge is -2.17. The van der Waals surface area contributed by atoms with Gasteiger partial charge in [-0.05, 0) is 31.2 Å². The molecular weight excluding hydrogens is 308 g/mol. The molecule has 0 saturated carbocycles. The molecule has 1 aromatic rings. The van der Waals surface area contributed by atoms with Crippen molar-refractivity contribution in [2.24, 2.45) is 0 Å². The second-order valence-corrected chi connectivity index (χ2v) is 6.53. The Morgan fingerprint density at radius 1 is 0.818 bits per heavy atom. The average molecular weight is 333 g/mol. The van der Waals surface area contributed by atoms with Gasteiger partial charge in [0.05, 0.1) is 19.4 Å². The normalized spacial score (nSPS) is 16.8. The Bertz CT molecular complexity index is 451. The molecule has 126 valence electrons. The van der Waals surface area contributed by atoms with E-state index in [2.05, 4.69) is 19.9 Å². The molecule has 22 heavy (non-hydrogen) atoms. The molecule has 2 rings (SSSR count). The summed E-state index contributed by atoms with van der Waals surface area (Å²) in [5.41, 5.74) is 3.05. The molecule has 1 heterocycles. The van der Waals surface area contributed by atoms with Gasteiger partial charge >= 0.3 is 11.5 Å². The van der Waals surface area contributed by atoms with E-state index >= 15 is 0 Å². The van der Waals surface area contributed by atoms with Gasteiger partial charge in [-0.25, -0.2) is 23.1 Å². The lowest BCUT2D eigenvalue weighted by molar-refractivity contribution is -2.00. The fourth-order valence-electron chi connectivity index (χ4n) is 2.95. The fraction of sp³-hybridized carbons (Fsp3) is 0.688. The number of hydrogen-bond acceptors (Lipinski definition) is 4. The van der Waals surface area contributed by atoms with Crippen molar-refractivity contribution >= 4 is 0 Å². The topological polar surface area (TPSA) is 104 Å². The number of fused-ring (bicyclic) bond motifs is 1. The summed E-state index contributed by atoms with van der Waals surface area (Å²) in [6.07, 6.45) is 12.2. The van der Waals surface area contributed by atoms with Crippen LogP contribution in [0.1, 0.15) is 67.6 Å². The molecule has 0 atom stereocenters. The Balaban J connectivity index is 0.000000422. The van der Waals surface area contributed by atoms with E-state index in [4.69, 9.17) is 23.1 Å². The van der Waals surface area contributed by atoms with Crippen LogP contribution in [0.5, 0.6) is 0 Å². The lowest BCUT2D eigenvalue weighted by Crippen LogP contribution is -2.68. The van der Waals surface area contributed by atoms with Gasteiger partial charge in [-0.3, -0.25) is 0 Å². The minimum Gasteiger partial charge on any atom is -0.222 e. The third kappa shape index (κ3) is 8.66. The molecule has 1 aliphatic carbocycles. The zero-order valence-electron chi connectivity index (χ0n) is 13.4. The zero-order valence-corrected chi connectivity index (χ0v) is 14.1. The van der Waals surface area contributed by atoms with Crippen molar-refractivity contribution in [3.05, 3.63) is 28.7 Å². The van der Waals surface area contributed by atoms with Crippen LogP contribution in [0.3, 0.4) is 0 Å². The van der Waals surface area contributed by atoms with Crippen LogP contribution >= 0.6 is 0 Å². The first kappa shape index (κ1) is 19.3. The lowest BCUT2D eigenvalue weighted by atomic mass is 9.97. The standard InChI is InChI=1S/C16H25O.ClHO4/c1-13-12-15-10-8-6-4-3-5-7-9-11-16(15)14(2)17-13;2-1(3,4)5/h12H,3-11H2,1-2H3;(H,2,3,4,5)/q+1;/p-1. The smallest absolute Gasteiger partial charge is 0.222 e. The first-order valence-corrected chi connectivity index (χ1v) is 9.04. The van der Waals surface area contributed by atoms with Gasteiger partial charge in [0, 0.05) is 6.07 Å². The Morgan fingerprint density at radius 3 is 1.82 bits per heavy atom. The van der Waals surface area contributed by atoms with Gasteiger partial charge in [0.25, 0.3) is 0 Å². The van der Waals surface area contributed by atoms with Crippen molar-refractivity contribution in [3.63, 3.8) is 0 Å². The largest absolute Gasteiger partial charge is 0.329 e. The van der Waals surface area contributed by atoms with Crippen molar-refractivity contribution in [1.29, 1.82) is 0 Å². The highest BCUT2D eigenvalue weighted by Crippen LogP contribution is 2.23. The second-order valence-electron chi connectivity index (χ2n) is 5.77. The van der Waals surface area contributed by atoms with E-state index in [0.717, 1.165) is 11.5 Å². The quantitative estimate of drug-likeness (QED) is 0.633. The van der Waals surface area contributed by atoms with Crippen molar-refractivity contribution in [1.82, 2.24) is 0 Å². The van der Waals surface area contributed by atoms with E-state index in [0.29, 0.717) is 0 Å². The van der Waals surface area contributed by atoms with Gasteiger partial charge < -0.3 is 0 Å². The molecule has 0 radical (unpaired) electrons. The molecule has 0 aliphatic heterocycles. The maximum absolute atomic E-state index is 8.49. The van der Waals surface area contributed by atoms with Gasteiger partial charge in [-0.15, -0.1) is 10.2 Å². The molecule has 0 saturated heterocycles. The van der Waals surface area contributed by atoms with Crippen LogP contribution in [-0.4, -0.2) is 0 Å². The SMILES string of the molecule is Cc1cc2c(c(C)[o+]1)CCCCCCCCC2.[O-][Cl+3]([O-])([O-])[O-]. The van der Waals surface area contributed by atoms with Gasteiger partial charge in [0.15, 0.2) is 0 Å². The second kappa shape index (κ2) is 9.43. The molecule has 1 aliphatic rings. The van der Waals surface area contributed by atoms with Gasteiger partial charge in [0.1, 0.15) is 0 Å². The Hall–Kier alpha value is -0.720.